The Bertz CT molecular complexity index is 574. The summed E-state index contributed by atoms with van der Waals surface area (Å²) in [6, 6.07) is 1.54. The Morgan fingerprint density at radius 2 is 2.10 bits per heavy atom. The van der Waals surface area contributed by atoms with Crippen LogP contribution in [-0.4, -0.2) is 23.6 Å². The van der Waals surface area contributed by atoms with Gasteiger partial charge in [-0.15, -0.1) is 6.42 Å². The van der Waals surface area contributed by atoms with Gasteiger partial charge in [0, 0.05) is 12.7 Å². The highest BCUT2D eigenvalue weighted by molar-refractivity contribution is 5.99. The number of nitrogens with one attached hydrogen (secondary N) is 1. The highest BCUT2D eigenvalue weighted by Crippen LogP contribution is 2.29. The number of halogens is 3. The number of carbonyl (C=O) groups excluding carboxylic acids is 1. The van der Waals surface area contributed by atoms with E-state index in [0.717, 1.165) is 0 Å². The second-order valence-electron chi connectivity index (χ2n) is 5.01. The Morgan fingerprint density at radius 1 is 1.48 bits per heavy atom. The Labute approximate surface area is 120 Å². The molecular formula is C14H16F3N3O. The minimum absolute atomic E-state index is 0.00701. The summed E-state index contributed by atoms with van der Waals surface area (Å²) in [4.78, 5) is 15.5. The van der Waals surface area contributed by atoms with Crippen molar-refractivity contribution in [3.63, 3.8) is 0 Å². The van der Waals surface area contributed by atoms with Crippen molar-refractivity contribution in [2.45, 2.75) is 31.9 Å². The van der Waals surface area contributed by atoms with Crippen molar-refractivity contribution in [2.75, 3.05) is 11.9 Å². The molecule has 1 heterocycles. The Kier molecular flexibility index (Phi) is 4.84. The number of hydrogen-bond donors (Lipinski definition) is 2. The van der Waals surface area contributed by atoms with Crippen molar-refractivity contribution in [3.05, 3.63) is 23.4 Å². The zero-order valence-corrected chi connectivity index (χ0v) is 11.7. The minimum Gasteiger partial charge on any atom is -0.369 e. The van der Waals surface area contributed by atoms with Crippen LogP contribution in [0.5, 0.6) is 0 Å². The van der Waals surface area contributed by atoms with Gasteiger partial charge >= 0.3 is 6.18 Å². The molecule has 0 atom stereocenters. The monoisotopic (exact) mass is 299 g/mol. The van der Waals surface area contributed by atoms with E-state index >= 15 is 0 Å². The van der Waals surface area contributed by atoms with Crippen LogP contribution < -0.4 is 11.1 Å². The zero-order chi connectivity index (χ0) is 16.3. The van der Waals surface area contributed by atoms with Crippen LogP contribution in [0.25, 0.3) is 0 Å². The topological polar surface area (TPSA) is 68.0 Å². The number of nitrogens with two attached hydrogens (primary N) is 1. The van der Waals surface area contributed by atoms with E-state index in [-0.39, 0.29) is 11.4 Å². The molecule has 7 heteroatoms. The van der Waals surface area contributed by atoms with Gasteiger partial charge in [-0.1, -0.05) is 5.92 Å². The van der Waals surface area contributed by atoms with Crippen molar-refractivity contribution < 1.29 is 18.0 Å². The molecule has 0 saturated heterocycles. The lowest BCUT2D eigenvalue weighted by atomic mass is 9.83. The molecule has 0 saturated carbocycles. The lowest BCUT2D eigenvalue weighted by Gasteiger charge is -2.22. The van der Waals surface area contributed by atoms with E-state index in [9.17, 15) is 18.0 Å². The van der Waals surface area contributed by atoms with Crippen LogP contribution in [0.1, 0.15) is 36.2 Å². The average molecular weight is 299 g/mol. The molecule has 1 aromatic rings. The van der Waals surface area contributed by atoms with Crippen molar-refractivity contribution in [1.82, 2.24) is 4.98 Å². The first-order chi connectivity index (χ1) is 9.58. The third-order valence-electron chi connectivity index (χ3n) is 2.93. The minimum atomic E-state index is -4.30. The maximum atomic E-state index is 12.2. The summed E-state index contributed by atoms with van der Waals surface area (Å²) in [5.41, 5.74) is 4.98. The highest BCUT2D eigenvalue weighted by atomic mass is 19.4. The van der Waals surface area contributed by atoms with Gasteiger partial charge in [0.15, 0.2) is 0 Å². The van der Waals surface area contributed by atoms with Gasteiger partial charge in [0.25, 0.3) is 5.91 Å². The summed E-state index contributed by atoms with van der Waals surface area (Å²) in [5, 5.41) is 2.49. The molecule has 0 aliphatic rings. The molecule has 3 N–H and O–H groups in total. The Morgan fingerprint density at radius 3 is 2.57 bits per heavy atom. The molecule has 0 radical (unpaired) electrons. The Balaban J connectivity index is 3.14. The number of hydrogen-bond acceptors (Lipinski definition) is 3. The van der Waals surface area contributed by atoms with Crippen molar-refractivity contribution in [2.24, 2.45) is 5.73 Å². The first-order valence-electron chi connectivity index (χ1n) is 6.16. The number of anilines is 1. The maximum absolute atomic E-state index is 12.2. The third kappa shape index (κ3) is 4.38. The van der Waals surface area contributed by atoms with E-state index < -0.39 is 30.5 Å². The first kappa shape index (κ1) is 16.8. The van der Waals surface area contributed by atoms with Crippen LogP contribution >= 0.6 is 0 Å². The standard InChI is InChI=1S/C14H16F3N3O/c1-4-13(2,3)9-5-7-19-12(10(9)11(18)21)20-8-6-14(15,16)17/h1,5,7H,6,8H2,2-3H3,(H2,18,21)(H,19,20). The van der Waals surface area contributed by atoms with Crippen LogP contribution in [0.15, 0.2) is 12.3 Å². The van der Waals surface area contributed by atoms with Crippen LogP contribution in [0.2, 0.25) is 0 Å². The summed E-state index contributed by atoms with van der Waals surface area (Å²) < 4.78 is 36.5. The van der Waals surface area contributed by atoms with Crippen molar-refractivity contribution in [3.8, 4) is 12.3 Å². The van der Waals surface area contributed by atoms with E-state index in [0.29, 0.717) is 5.56 Å². The molecule has 0 unspecified atom stereocenters. The van der Waals surface area contributed by atoms with E-state index in [1.54, 1.807) is 13.8 Å². The molecule has 0 spiro atoms. The highest BCUT2D eigenvalue weighted by Gasteiger charge is 2.28. The maximum Gasteiger partial charge on any atom is 0.390 e. The van der Waals surface area contributed by atoms with Gasteiger partial charge < -0.3 is 11.1 Å². The van der Waals surface area contributed by atoms with Crippen LogP contribution in [0, 0.1) is 12.3 Å². The average Bonchev–Trinajstić information content (AvgIpc) is 2.36. The quantitative estimate of drug-likeness (QED) is 0.821. The fourth-order valence-corrected chi connectivity index (χ4v) is 1.77. The number of terminal acetylenes is 1. The van der Waals surface area contributed by atoms with Gasteiger partial charge in [0.2, 0.25) is 0 Å². The van der Waals surface area contributed by atoms with Gasteiger partial charge in [-0.25, -0.2) is 4.98 Å². The number of amides is 1. The van der Waals surface area contributed by atoms with Crippen molar-refractivity contribution >= 4 is 11.7 Å². The molecule has 4 nitrogen and oxygen atoms in total. The molecule has 1 amide bonds. The molecule has 1 aromatic heterocycles. The van der Waals surface area contributed by atoms with E-state index in [1.807, 2.05) is 0 Å². The number of nitrogens with zero attached hydrogens (tertiary/aromatic N) is 1. The third-order valence-corrected chi connectivity index (χ3v) is 2.93. The van der Waals surface area contributed by atoms with Crippen LogP contribution in [0.4, 0.5) is 19.0 Å². The first-order valence-corrected chi connectivity index (χ1v) is 6.16. The van der Waals surface area contributed by atoms with Gasteiger partial charge in [0.1, 0.15) is 5.82 Å². The van der Waals surface area contributed by atoms with Gasteiger partial charge in [-0.2, -0.15) is 13.2 Å². The number of aromatic nitrogens is 1. The summed E-state index contributed by atoms with van der Waals surface area (Å²) in [5.74, 6) is 1.73. The molecule has 114 valence electrons. The van der Waals surface area contributed by atoms with E-state index in [2.05, 4.69) is 16.2 Å². The van der Waals surface area contributed by atoms with Gasteiger partial charge in [0.05, 0.1) is 17.4 Å². The lowest BCUT2D eigenvalue weighted by Crippen LogP contribution is -2.25. The Hall–Kier alpha value is -2.23. The number of carbonyl (C=O) groups is 1. The number of alkyl halides is 3. The van der Waals surface area contributed by atoms with Crippen LogP contribution in [-0.2, 0) is 5.41 Å². The second kappa shape index (κ2) is 6.04. The van der Waals surface area contributed by atoms with Gasteiger partial charge in [-0.3, -0.25) is 4.79 Å². The lowest BCUT2D eigenvalue weighted by molar-refractivity contribution is -0.131. The number of primary amides is 1. The molecule has 1 rings (SSSR count). The normalized spacial score (nSPS) is 11.8. The zero-order valence-electron chi connectivity index (χ0n) is 11.7. The molecular weight excluding hydrogens is 283 g/mol. The SMILES string of the molecule is C#CC(C)(C)c1ccnc(NCCC(F)(F)F)c1C(N)=O. The summed E-state index contributed by atoms with van der Waals surface area (Å²) in [6.07, 6.45) is 1.45. The fourth-order valence-electron chi connectivity index (χ4n) is 1.77. The molecule has 0 bridgehead atoms. The fraction of sp³-hybridized carbons (Fsp3) is 0.429. The largest absolute Gasteiger partial charge is 0.390 e. The summed E-state index contributed by atoms with van der Waals surface area (Å²) in [6.45, 7) is 3.00. The van der Waals surface area contributed by atoms with E-state index in [1.165, 1.54) is 12.3 Å². The smallest absolute Gasteiger partial charge is 0.369 e. The predicted octanol–water partition coefficient (Wildman–Crippen LogP) is 2.46. The predicted molar refractivity (Wildman–Crippen MR) is 73.8 cm³/mol. The van der Waals surface area contributed by atoms with Crippen molar-refractivity contribution in [1.29, 1.82) is 0 Å². The molecule has 0 aliphatic carbocycles. The summed E-state index contributed by atoms with van der Waals surface area (Å²) >= 11 is 0. The molecule has 0 aliphatic heterocycles. The number of pyridine rings is 1. The summed E-state index contributed by atoms with van der Waals surface area (Å²) in [7, 11) is 0. The second-order valence-corrected chi connectivity index (χ2v) is 5.01. The number of rotatable bonds is 5. The van der Waals surface area contributed by atoms with Crippen LogP contribution in [0.3, 0.4) is 0 Å². The van der Waals surface area contributed by atoms with E-state index in [4.69, 9.17) is 12.2 Å². The molecule has 0 fully saturated rings. The van der Waals surface area contributed by atoms with Gasteiger partial charge in [-0.05, 0) is 25.5 Å². The molecule has 21 heavy (non-hydrogen) atoms. The molecule has 0 aromatic carbocycles.